The van der Waals surface area contributed by atoms with Gasteiger partial charge in [0.2, 0.25) is 0 Å². The molecule has 1 rings (SSSR count). The summed E-state index contributed by atoms with van der Waals surface area (Å²) in [5, 5.41) is 5.33. The van der Waals surface area contributed by atoms with Crippen LogP contribution in [0.2, 0.25) is 10.0 Å². The average molecular weight is 373 g/mol. The molecule has 0 heterocycles. The maximum atomic E-state index is 11.6. The Kier molecular flexibility index (Phi) is 8.89. The molecule has 0 radical (unpaired) electrons. The smallest absolute Gasteiger partial charge is 0.331 e. The number of halogens is 2. The first-order chi connectivity index (χ1) is 11.4. The van der Waals surface area contributed by atoms with Gasteiger partial charge in [-0.1, -0.05) is 42.6 Å². The van der Waals surface area contributed by atoms with Gasteiger partial charge in [-0.05, 0) is 24.6 Å². The van der Waals surface area contributed by atoms with E-state index in [0.29, 0.717) is 22.2 Å². The molecule has 1 aromatic rings. The zero-order valence-electron chi connectivity index (χ0n) is 13.1. The van der Waals surface area contributed by atoms with Crippen LogP contribution >= 0.6 is 23.2 Å². The van der Waals surface area contributed by atoms with Gasteiger partial charge >= 0.3 is 12.0 Å². The molecule has 0 aliphatic carbocycles. The monoisotopic (exact) mass is 372 g/mol. The lowest BCUT2D eigenvalue weighted by atomic mass is 10.2. The predicted octanol–water partition coefficient (Wildman–Crippen LogP) is 3.18. The van der Waals surface area contributed by atoms with E-state index in [1.165, 1.54) is 6.08 Å². The summed E-state index contributed by atoms with van der Waals surface area (Å²) in [5.41, 5.74) is 0.470. The lowest BCUT2D eigenvalue weighted by Crippen LogP contribution is -2.41. The summed E-state index contributed by atoms with van der Waals surface area (Å²) < 4.78 is 4.73. The molecule has 0 aliphatic heterocycles. The molecule has 0 atom stereocenters. The molecule has 0 bridgehead atoms. The van der Waals surface area contributed by atoms with E-state index in [9.17, 15) is 14.4 Å². The number of nitrogens with one attached hydrogen (secondary N) is 2. The highest BCUT2D eigenvalue weighted by atomic mass is 35.5. The SMILES string of the molecule is CCCCNC(=O)NC(=O)COC(=O)/C=C/c1c(Cl)cccc1Cl. The molecule has 8 heteroatoms. The number of esters is 1. The van der Waals surface area contributed by atoms with Crippen LogP contribution in [0.25, 0.3) is 6.08 Å². The number of amides is 3. The summed E-state index contributed by atoms with van der Waals surface area (Å²) in [4.78, 5) is 34.4. The number of rotatable bonds is 7. The highest BCUT2D eigenvalue weighted by Gasteiger charge is 2.09. The van der Waals surface area contributed by atoms with Crippen molar-refractivity contribution >= 4 is 47.2 Å². The third-order valence-electron chi connectivity index (χ3n) is 2.80. The van der Waals surface area contributed by atoms with Crippen LogP contribution in [0, 0.1) is 0 Å². The maximum Gasteiger partial charge on any atom is 0.331 e. The van der Waals surface area contributed by atoms with Crippen molar-refractivity contribution in [2.75, 3.05) is 13.2 Å². The number of carbonyl (C=O) groups excluding carboxylic acids is 3. The lowest BCUT2D eigenvalue weighted by Gasteiger charge is -2.06. The Morgan fingerprint density at radius 1 is 1.21 bits per heavy atom. The number of unbranched alkanes of at least 4 members (excludes halogenated alkanes) is 1. The van der Waals surface area contributed by atoms with E-state index >= 15 is 0 Å². The van der Waals surface area contributed by atoms with Gasteiger partial charge in [0.1, 0.15) is 0 Å². The maximum absolute atomic E-state index is 11.6. The third-order valence-corrected chi connectivity index (χ3v) is 3.46. The van der Waals surface area contributed by atoms with Crippen LogP contribution in [-0.4, -0.2) is 31.1 Å². The molecule has 0 unspecified atom stereocenters. The van der Waals surface area contributed by atoms with Gasteiger partial charge in [-0.25, -0.2) is 9.59 Å². The minimum absolute atomic E-state index is 0.382. The number of benzene rings is 1. The van der Waals surface area contributed by atoms with Crippen molar-refractivity contribution < 1.29 is 19.1 Å². The number of hydrogen-bond acceptors (Lipinski definition) is 4. The van der Waals surface area contributed by atoms with E-state index in [1.54, 1.807) is 18.2 Å². The van der Waals surface area contributed by atoms with Crippen molar-refractivity contribution in [3.8, 4) is 0 Å². The van der Waals surface area contributed by atoms with Crippen LogP contribution in [0.1, 0.15) is 25.3 Å². The van der Waals surface area contributed by atoms with Crippen molar-refractivity contribution in [3.63, 3.8) is 0 Å². The Hall–Kier alpha value is -2.05. The van der Waals surface area contributed by atoms with Gasteiger partial charge < -0.3 is 10.1 Å². The van der Waals surface area contributed by atoms with Crippen LogP contribution in [0.5, 0.6) is 0 Å². The fourth-order valence-corrected chi connectivity index (χ4v) is 2.12. The number of imide groups is 1. The molecule has 0 saturated heterocycles. The average Bonchev–Trinajstić information content (AvgIpc) is 2.52. The van der Waals surface area contributed by atoms with Gasteiger partial charge in [0.15, 0.2) is 6.61 Å². The van der Waals surface area contributed by atoms with Crippen LogP contribution < -0.4 is 10.6 Å². The molecule has 6 nitrogen and oxygen atoms in total. The molecule has 0 aromatic heterocycles. The molecule has 24 heavy (non-hydrogen) atoms. The Morgan fingerprint density at radius 2 is 1.88 bits per heavy atom. The van der Waals surface area contributed by atoms with Crippen LogP contribution in [0.15, 0.2) is 24.3 Å². The summed E-state index contributed by atoms with van der Waals surface area (Å²) in [6.07, 6.45) is 4.23. The second kappa shape index (κ2) is 10.7. The topological polar surface area (TPSA) is 84.5 Å². The van der Waals surface area contributed by atoms with Crippen LogP contribution in [0.3, 0.4) is 0 Å². The second-order valence-corrected chi connectivity index (χ2v) is 5.55. The van der Waals surface area contributed by atoms with Crippen molar-refractivity contribution in [2.24, 2.45) is 0 Å². The summed E-state index contributed by atoms with van der Waals surface area (Å²) >= 11 is 11.9. The molecule has 0 spiro atoms. The van der Waals surface area contributed by atoms with Crippen molar-refractivity contribution in [2.45, 2.75) is 19.8 Å². The molecule has 0 fully saturated rings. The first-order valence-electron chi connectivity index (χ1n) is 7.30. The van der Waals surface area contributed by atoms with Crippen molar-refractivity contribution in [1.29, 1.82) is 0 Å². The van der Waals surface area contributed by atoms with E-state index < -0.39 is 24.5 Å². The summed E-state index contributed by atoms with van der Waals surface area (Å²) in [6.45, 7) is 1.88. The van der Waals surface area contributed by atoms with Gasteiger partial charge in [-0.2, -0.15) is 0 Å². The van der Waals surface area contributed by atoms with E-state index in [4.69, 9.17) is 27.9 Å². The minimum Gasteiger partial charge on any atom is -0.452 e. The fraction of sp³-hybridized carbons (Fsp3) is 0.312. The zero-order valence-corrected chi connectivity index (χ0v) is 14.6. The van der Waals surface area contributed by atoms with Crippen molar-refractivity contribution in [3.05, 3.63) is 39.9 Å². The molecule has 2 N–H and O–H groups in total. The highest BCUT2D eigenvalue weighted by Crippen LogP contribution is 2.25. The minimum atomic E-state index is -0.757. The third kappa shape index (κ3) is 7.48. The first kappa shape index (κ1) is 20.0. The second-order valence-electron chi connectivity index (χ2n) is 4.73. The number of urea groups is 1. The number of hydrogen-bond donors (Lipinski definition) is 2. The van der Waals surface area contributed by atoms with Gasteiger partial charge in [0.05, 0.1) is 0 Å². The van der Waals surface area contributed by atoms with E-state index in [-0.39, 0.29) is 0 Å². The Labute approximate surface area is 150 Å². The Balaban J connectivity index is 2.39. The molecule has 3 amide bonds. The molecule has 1 aromatic carbocycles. The summed E-state index contributed by atoms with van der Waals surface area (Å²) in [7, 11) is 0. The van der Waals surface area contributed by atoms with Gasteiger partial charge in [-0.3, -0.25) is 10.1 Å². The van der Waals surface area contributed by atoms with E-state index in [0.717, 1.165) is 18.9 Å². The predicted molar refractivity (Wildman–Crippen MR) is 92.9 cm³/mol. The van der Waals surface area contributed by atoms with Gasteiger partial charge in [0, 0.05) is 28.2 Å². The quantitative estimate of drug-likeness (QED) is 0.437. The molecule has 0 aliphatic rings. The number of ether oxygens (including phenoxy) is 1. The van der Waals surface area contributed by atoms with Gasteiger partial charge in [-0.15, -0.1) is 0 Å². The summed E-state index contributed by atoms with van der Waals surface area (Å²) in [5.74, 6) is -1.48. The van der Waals surface area contributed by atoms with Crippen molar-refractivity contribution in [1.82, 2.24) is 10.6 Å². The Bertz CT molecular complexity index is 612. The van der Waals surface area contributed by atoms with E-state index in [1.807, 2.05) is 6.92 Å². The standard InChI is InChI=1S/C16H18Cl2N2O4/c1-2-3-9-19-16(23)20-14(21)10-24-15(22)8-7-11-12(17)5-4-6-13(11)18/h4-8H,2-3,9-10H2,1H3,(H2,19,20,21,23)/b8-7+. The van der Waals surface area contributed by atoms with Crippen LogP contribution in [0.4, 0.5) is 4.79 Å². The lowest BCUT2D eigenvalue weighted by molar-refractivity contribution is -0.143. The Morgan fingerprint density at radius 3 is 2.50 bits per heavy atom. The molecular weight excluding hydrogens is 355 g/mol. The van der Waals surface area contributed by atoms with Crippen LogP contribution in [-0.2, 0) is 14.3 Å². The summed E-state index contributed by atoms with van der Waals surface area (Å²) in [6, 6.07) is 4.31. The molecular formula is C16H18Cl2N2O4. The number of carbonyl (C=O) groups is 3. The molecule has 0 saturated carbocycles. The highest BCUT2D eigenvalue weighted by molar-refractivity contribution is 6.37. The largest absolute Gasteiger partial charge is 0.452 e. The normalized spacial score (nSPS) is 10.5. The first-order valence-corrected chi connectivity index (χ1v) is 8.06. The zero-order chi connectivity index (χ0) is 17.9. The van der Waals surface area contributed by atoms with E-state index in [2.05, 4.69) is 10.6 Å². The fourth-order valence-electron chi connectivity index (χ4n) is 1.59. The molecule has 130 valence electrons. The van der Waals surface area contributed by atoms with Gasteiger partial charge in [0.25, 0.3) is 5.91 Å².